The highest BCUT2D eigenvalue weighted by Gasteiger charge is 2.48. The molecule has 1 aliphatic carbocycles. The van der Waals surface area contributed by atoms with E-state index in [1.807, 2.05) is 0 Å². The van der Waals surface area contributed by atoms with E-state index < -0.39 is 0 Å². The van der Waals surface area contributed by atoms with Crippen molar-refractivity contribution in [3.8, 4) is 0 Å². The fourth-order valence-corrected chi connectivity index (χ4v) is 4.15. The van der Waals surface area contributed by atoms with Crippen molar-refractivity contribution in [3.63, 3.8) is 0 Å². The number of hydrogen-bond acceptors (Lipinski definition) is 4. The van der Waals surface area contributed by atoms with Gasteiger partial charge in [0.15, 0.2) is 0 Å². The van der Waals surface area contributed by atoms with E-state index in [2.05, 4.69) is 23.8 Å². The van der Waals surface area contributed by atoms with Crippen LogP contribution < -0.4 is 5.73 Å². The van der Waals surface area contributed by atoms with Gasteiger partial charge in [-0.25, -0.2) is 0 Å². The molecule has 0 amide bonds. The van der Waals surface area contributed by atoms with Crippen LogP contribution in [0.3, 0.4) is 0 Å². The fourth-order valence-electron chi connectivity index (χ4n) is 4.15. The summed E-state index contributed by atoms with van der Waals surface area (Å²) >= 11 is 0. The summed E-state index contributed by atoms with van der Waals surface area (Å²) in [4.78, 5) is 5.22. The molecule has 2 N–H and O–H groups in total. The first-order chi connectivity index (χ1) is 9.64. The lowest BCUT2D eigenvalue weighted by molar-refractivity contribution is -0.0211. The molecule has 0 radical (unpaired) electrons. The fraction of sp³-hybridized carbons (Fsp3) is 1.00. The molecule has 2 saturated heterocycles. The first-order valence-electron chi connectivity index (χ1n) is 8.43. The Bertz CT molecular complexity index is 328. The lowest BCUT2D eigenvalue weighted by Crippen LogP contribution is -2.56. The molecule has 1 saturated carbocycles. The summed E-state index contributed by atoms with van der Waals surface area (Å²) in [7, 11) is 2.26. The summed E-state index contributed by atoms with van der Waals surface area (Å²) in [5.74, 6) is 0. The van der Waals surface area contributed by atoms with Crippen LogP contribution in [0.5, 0.6) is 0 Å². The third kappa shape index (κ3) is 2.89. The number of ether oxygens (including phenoxy) is 1. The quantitative estimate of drug-likeness (QED) is 0.828. The second kappa shape index (κ2) is 5.91. The predicted molar refractivity (Wildman–Crippen MR) is 81.8 cm³/mol. The minimum absolute atomic E-state index is 0.169. The minimum Gasteiger partial charge on any atom is -0.377 e. The zero-order chi connectivity index (χ0) is 14.2. The Morgan fingerprint density at radius 2 is 2.10 bits per heavy atom. The molecule has 0 spiro atoms. The first-order valence-corrected chi connectivity index (χ1v) is 8.43. The van der Waals surface area contributed by atoms with Gasteiger partial charge in [0, 0.05) is 43.9 Å². The van der Waals surface area contributed by atoms with Crippen molar-refractivity contribution >= 4 is 0 Å². The molecule has 0 bridgehead atoms. The van der Waals surface area contributed by atoms with Crippen molar-refractivity contribution in [2.24, 2.45) is 5.73 Å². The number of likely N-dealkylation sites (tertiary alicyclic amines) is 1. The largest absolute Gasteiger partial charge is 0.377 e. The van der Waals surface area contributed by atoms with E-state index in [1.165, 1.54) is 38.5 Å². The summed E-state index contributed by atoms with van der Waals surface area (Å²) in [5.41, 5.74) is 6.38. The van der Waals surface area contributed by atoms with Gasteiger partial charge in [-0.05, 0) is 52.5 Å². The standard InChI is InChI=1S/C16H31N3O/c1-13-9-16(11-17,12-19(13)14-6-7-14)18(2)10-15-5-3-4-8-20-15/h13-15H,3-12,17H2,1-2H3. The Kier molecular flexibility index (Phi) is 4.37. The average Bonchev–Trinajstić information content (AvgIpc) is 3.24. The Labute approximate surface area is 123 Å². The van der Waals surface area contributed by atoms with Gasteiger partial charge in [-0.15, -0.1) is 0 Å². The number of nitrogens with zero attached hydrogens (tertiary/aromatic N) is 2. The molecule has 3 rings (SSSR count). The third-order valence-electron chi connectivity index (χ3n) is 5.68. The van der Waals surface area contributed by atoms with Crippen molar-refractivity contribution in [1.29, 1.82) is 0 Å². The van der Waals surface area contributed by atoms with E-state index in [1.54, 1.807) is 0 Å². The molecule has 20 heavy (non-hydrogen) atoms. The Morgan fingerprint density at radius 1 is 1.30 bits per heavy atom. The second-order valence-corrected chi connectivity index (χ2v) is 7.25. The Hall–Kier alpha value is -0.160. The Morgan fingerprint density at radius 3 is 2.70 bits per heavy atom. The number of nitrogens with two attached hydrogens (primary N) is 1. The molecule has 3 aliphatic rings. The lowest BCUT2D eigenvalue weighted by atomic mass is 9.93. The Balaban J connectivity index is 1.62. The van der Waals surface area contributed by atoms with Crippen LogP contribution in [0.4, 0.5) is 0 Å². The highest BCUT2D eigenvalue weighted by molar-refractivity contribution is 5.06. The summed E-state index contributed by atoms with van der Waals surface area (Å²) in [6.07, 6.45) is 8.17. The highest BCUT2D eigenvalue weighted by atomic mass is 16.5. The van der Waals surface area contributed by atoms with E-state index in [0.717, 1.165) is 32.3 Å². The van der Waals surface area contributed by atoms with Gasteiger partial charge >= 0.3 is 0 Å². The van der Waals surface area contributed by atoms with Crippen LogP contribution in [0, 0.1) is 0 Å². The SMILES string of the molecule is CC1CC(CN)(N(C)CC2CCCCO2)CN1C1CC1. The van der Waals surface area contributed by atoms with Gasteiger partial charge in [-0.2, -0.15) is 0 Å². The van der Waals surface area contributed by atoms with Crippen LogP contribution >= 0.6 is 0 Å². The maximum atomic E-state index is 6.21. The first kappa shape index (κ1) is 14.8. The number of likely N-dealkylation sites (N-methyl/N-ethyl adjacent to an activating group) is 1. The van der Waals surface area contributed by atoms with E-state index in [9.17, 15) is 0 Å². The van der Waals surface area contributed by atoms with Gasteiger partial charge in [0.05, 0.1) is 6.10 Å². The molecule has 0 aromatic rings. The lowest BCUT2D eigenvalue weighted by Gasteiger charge is -2.40. The van der Waals surface area contributed by atoms with E-state index in [-0.39, 0.29) is 5.54 Å². The van der Waals surface area contributed by atoms with Crippen molar-refractivity contribution in [2.75, 3.05) is 33.3 Å². The molecule has 0 aromatic carbocycles. The van der Waals surface area contributed by atoms with Crippen LogP contribution in [-0.2, 0) is 4.74 Å². The van der Waals surface area contributed by atoms with Crippen LogP contribution in [0.2, 0.25) is 0 Å². The number of rotatable bonds is 5. The van der Waals surface area contributed by atoms with E-state index in [0.29, 0.717) is 12.1 Å². The van der Waals surface area contributed by atoms with E-state index >= 15 is 0 Å². The molecular weight excluding hydrogens is 250 g/mol. The monoisotopic (exact) mass is 281 g/mol. The van der Waals surface area contributed by atoms with Gasteiger partial charge in [-0.1, -0.05) is 0 Å². The number of hydrogen-bond donors (Lipinski definition) is 1. The van der Waals surface area contributed by atoms with Crippen LogP contribution in [0.1, 0.15) is 45.4 Å². The topological polar surface area (TPSA) is 41.7 Å². The highest BCUT2D eigenvalue weighted by Crippen LogP contribution is 2.39. The molecule has 3 fully saturated rings. The van der Waals surface area contributed by atoms with Gasteiger partial charge in [0.1, 0.15) is 0 Å². The van der Waals surface area contributed by atoms with Crippen LogP contribution in [-0.4, -0.2) is 66.8 Å². The van der Waals surface area contributed by atoms with Crippen molar-refractivity contribution in [2.45, 2.75) is 69.2 Å². The molecule has 116 valence electrons. The summed E-state index contributed by atoms with van der Waals surface area (Å²) in [6.45, 7) is 6.28. The zero-order valence-corrected chi connectivity index (χ0v) is 13.2. The summed E-state index contributed by atoms with van der Waals surface area (Å²) in [5, 5.41) is 0. The van der Waals surface area contributed by atoms with Crippen molar-refractivity contribution in [3.05, 3.63) is 0 Å². The molecule has 2 aliphatic heterocycles. The summed E-state index contributed by atoms with van der Waals surface area (Å²) in [6, 6.07) is 1.53. The average molecular weight is 281 g/mol. The molecule has 4 heteroatoms. The summed E-state index contributed by atoms with van der Waals surface area (Å²) < 4.78 is 5.92. The van der Waals surface area contributed by atoms with Gasteiger partial charge in [-0.3, -0.25) is 9.80 Å². The normalized spacial score (nSPS) is 39.6. The van der Waals surface area contributed by atoms with Crippen LogP contribution in [0.15, 0.2) is 0 Å². The van der Waals surface area contributed by atoms with Crippen molar-refractivity contribution in [1.82, 2.24) is 9.80 Å². The molecule has 0 aromatic heterocycles. The smallest absolute Gasteiger partial charge is 0.0702 e. The maximum Gasteiger partial charge on any atom is 0.0702 e. The molecule has 4 nitrogen and oxygen atoms in total. The van der Waals surface area contributed by atoms with Crippen LogP contribution in [0.25, 0.3) is 0 Å². The molecule has 2 heterocycles. The van der Waals surface area contributed by atoms with Crippen molar-refractivity contribution < 1.29 is 4.74 Å². The predicted octanol–water partition coefficient (Wildman–Crippen LogP) is 1.44. The molecular formula is C16H31N3O. The molecule has 3 atom stereocenters. The maximum absolute atomic E-state index is 6.21. The third-order valence-corrected chi connectivity index (χ3v) is 5.68. The van der Waals surface area contributed by atoms with Gasteiger partial charge in [0.2, 0.25) is 0 Å². The minimum atomic E-state index is 0.169. The van der Waals surface area contributed by atoms with Gasteiger partial charge < -0.3 is 10.5 Å². The van der Waals surface area contributed by atoms with E-state index in [4.69, 9.17) is 10.5 Å². The zero-order valence-electron chi connectivity index (χ0n) is 13.2. The molecule has 3 unspecified atom stereocenters. The second-order valence-electron chi connectivity index (χ2n) is 7.25. The van der Waals surface area contributed by atoms with Gasteiger partial charge in [0.25, 0.3) is 0 Å².